The number of amides is 1. The van der Waals surface area contributed by atoms with Gasteiger partial charge in [-0.15, -0.1) is 0 Å². The normalized spacial score (nSPS) is 19.0. The lowest BCUT2D eigenvalue weighted by Crippen LogP contribution is -2.51. The number of nitrogens with zero attached hydrogens (tertiary/aromatic N) is 4. The lowest BCUT2D eigenvalue weighted by molar-refractivity contribution is -0.137. The Morgan fingerprint density at radius 3 is 2.67 bits per heavy atom. The number of carbonyl (C=O) groups excluding carboxylic acids is 1. The molecule has 192 valence electrons. The van der Waals surface area contributed by atoms with Crippen LogP contribution in [0.3, 0.4) is 0 Å². The molecule has 0 bridgehead atoms. The quantitative estimate of drug-likeness (QED) is 0.304. The minimum atomic E-state index is -4.47. The van der Waals surface area contributed by atoms with Crippen LogP contribution in [0.5, 0.6) is 0 Å². The van der Waals surface area contributed by atoms with E-state index in [2.05, 4.69) is 27.0 Å². The minimum Gasteiger partial charge on any atom is -0.368 e. The summed E-state index contributed by atoms with van der Waals surface area (Å²) in [5, 5.41) is 3.06. The second-order valence-electron chi connectivity index (χ2n) is 8.68. The predicted molar refractivity (Wildman–Crippen MR) is 133 cm³/mol. The summed E-state index contributed by atoms with van der Waals surface area (Å²) in [6.07, 6.45) is 1.16. The van der Waals surface area contributed by atoms with Gasteiger partial charge in [-0.1, -0.05) is 13.0 Å². The van der Waals surface area contributed by atoms with Crippen LogP contribution in [0.25, 0.3) is 0 Å². The average molecular weight is 504 g/mol. The molecule has 3 rings (SSSR count). The molecule has 1 aromatic carbocycles. The lowest BCUT2D eigenvalue weighted by Gasteiger charge is -2.40. The standard InChI is InChI=1S/C26H29F4N5O/c1-5-12-32-24(31-4)23-17(3)20(27)10-9-19(23)25(36)35-13-6-7-16(2)21(35)15-34-22-11-8-18(14-33-22)26(28,29)30/h5,8-12,14,16,21H,4,6-7,13,15H2,1-3H3,(H,33,34). The zero-order valence-electron chi connectivity index (χ0n) is 20.4. The number of halogens is 4. The van der Waals surface area contributed by atoms with Gasteiger partial charge < -0.3 is 10.2 Å². The highest BCUT2D eigenvalue weighted by molar-refractivity contribution is 6.11. The summed E-state index contributed by atoms with van der Waals surface area (Å²) < 4.78 is 53.0. The maximum Gasteiger partial charge on any atom is 0.417 e. The van der Waals surface area contributed by atoms with E-state index in [1.165, 1.54) is 24.4 Å². The smallest absolute Gasteiger partial charge is 0.368 e. The molecule has 0 saturated carbocycles. The van der Waals surface area contributed by atoms with Crippen molar-refractivity contribution in [3.63, 3.8) is 0 Å². The third kappa shape index (κ3) is 5.98. The van der Waals surface area contributed by atoms with Crippen LogP contribution in [0, 0.1) is 18.7 Å². The maximum absolute atomic E-state index is 14.5. The van der Waals surface area contributed by atoms with Crippen molar-refractivity contribution in [3.05, 3.63) is 70.8 Å². The van der Waals surface area contributed by atoms with Crippen molar-refractivity contribution >= 4 is 24.3 Å². The Hall–Kier alpha value is -3.56. The van der Waals surface area contributed by atoms with Gasteiger partial charge in [0.05, 0.1) is 17.2 Å². The molecular weight excluding hydrogens is 474 g/mol. The van der Waals surface area contributed by atoms with Crippen molar-refractivity contribution < 1.29 is 22.4 Å². The molecule has 1 aromatic heterocycles. The number of hydrogen-bond acceptors (Lipinski definition) is 4. The molecule has 2 heterocycles. The summed E-state index contributed by atoms with van der Waals surface area (Å²) in [5.74, 6) is -0.255. The molecular formula is C26H29F4N5O. The summed E-state index contributed by atoms with van der Waals surface area (Å²) in [6, 6.07) is 4.64. The Labute approximate surface area is 207 Å². The molecule has 1 N–H and O–H groups in total. The van der Waals surface area contributed by atoms with Crippen molar-refractivity contribution in [2.45, 2.75) is 45.8 Å². The number of piperidine rings is 1. The fourth-order valence-electron chi connectivity index (χ4n) is 4.32. The van der Waals surface area contributed by atoms with Crippen molar-refractivity contribution in [1.82, 2.24) is 9.88 Å². The van der Waals surface area contributed by atoms with Gasteiger partial charge in [0.1, 0.15) is 11.6 Å². The Balaban J connectivity index is 1.91. The first kappa shape index (κ1) is 27.0. The molecule has 0 aliphatic carbocycles. The molecule has 36 heavy (non-hydrogen) atoms. The number of hydrogen-bond donors (Lipinski definition) is 1. The van der Waals surface area contributed by atoms with Crippen LogP contribution in [-0.4, -0.2) is 47.5 Å². The van der Waals surface area contributed by atoms with E-state index < -0.39 is 17.6 Å². The van der Waals surface area contributed by atoms with Gasteiger partial charge >= 0.3 is 6.18 Å². The SMILES string of the molecule is C=NC(=NC=CC)c1c(C(=O)N2CCCC(C)C2CNc2ccc(C(F)(F)F)cn2)ccc(F)c1C. The highest BCUT2D eigenvalue weighted by atomic mass is 19.4. The van der Waals surface area contributed by atoms with Crippen LogP contribution in [0.1, 0.15) is 53.7 Å². The van der Waals surface area contributed by atoms with Gasteiger partial charge in [0, 0.05) is 31.0 Å². The summed E-state index contributed by atoms with van der Waals surface area (Å²) in [6.45, 7) is 9.66. The molecule has 1 saturated heterocycles. The highest BCUT2D eigenvalue weighted by Crippen LogP contribution is 2.30. The van der Waals surface area contributed by atoms with Crippen LogP contribution in [0.15, 0.2) is 52.7 Å². The maximum atomic E-state index is 14.5. The van der Waals surface area contributed by atoms with E-state index in [0.29, 0.717) is 13.1 Å². The van der Waals surface area contributed by atoms with Gasteiger partial charge in [-0.25, -0.2) is 19.4 Å². The van der Waals surface area contributed by atoms with Crippen LogP contribution >= 0.6 is 0 Å². The highest BCUT2D eigenvalue weighted by Gasteiger charge is 2.34. The monoisotopic (exact) mass is 503 g/mol. The molecule has 1 amide bonds. The third-order valence-electron chi connectivity index (χ3n) is 6.31. The molecule has 1 fully saturated rings. The molecule has 2 atom stereocenters. The Bertz CT molecular complexity index is 1160. The number of alkyl halides is 3. The second kappa shape index (κ2) is 11.5. The Morgan fingerprint density at radius 1 is 1.31 bits per heavy atom. The van der Waals surface area contributed by atoms with Gasteiger partial charge in [0.2, 0.25) is 0 Å². The van der Waals surface area contributed by atoms with Crippen molar-refractivity contribution in [1.29, 1.82) is 0 Å². The van der Waals surface area contributed by atoms with Crippen LogP contribution in [0.4, 0.5) is 23.4 Å². The van der Waals surface area contributed by atoms with Crippen LogP contribution in [-0.2, 0) is 6.18 Å². The van der Waals surface area contributed by atoms with Gasteiger partial charge in [-0.3, -0.25) is 4.79 Å². The number of amidine groups is 1. The first-order valence-electron chi connectivity index (χ1n) is 11.6. The fraction of sp³-hybridized carbons (Fsp3) is 0.385. The van der Waals surface area contributed by atoms with Gasteiger partial charge in [-0.05, 0) is 69.2 Å². The number of nitrogens with one attached hydrogen (secondary N) is 1. The number of pyridine rings is 1. The predicted octanol–water partition coefficient (Wildman–Crippen LogP) is 5.88. The van der Waals surface area contributed by atoms with E-state index >= 15 is 0 Å². The summed E-state index contributed by atoms with van der Waals surface area (Å²) in [7, 11) is 0. The largest absolute Gasteiger partial charge is 0.417 e. The third-order valence-corrected chi connectivity index (χ3v) is 6.31. The number of benzene rings is 1. The molecule has 0 spiro atoms. The zero-order chi connectivity index (χ0) is 26.5. The van der Waals surface area contributed by atoms with E-state index in [9.17, 15) is 22.4 Å². The van der Waals surface area contributed by atoms with Gasteiger partial charge in [0.25, 0.3) is 5.91 Å². The van der Waals surface area contributed by atoms with Crippen molar-refractivity contribution in [2.24, 2.45) is 15.9 Å². The molecule has 0 radical (unpaired) electrons. The number of carbonyl (C=O) groups is 1. The summed E-state index contributed by atoms with van der Waals surface area (Å²) in [5.41, 5.74) is -0.0507. The van der Waals surface area contributed by atoms with E-state index in [-0.39, 0.29) is 46.2 Å². The van der Waals surface area contributed by atoms with E-state index in [4.69, 9.17) is 0 Å². The van der Waals surface area contributed by atoms with Crippen LogP contribution in [0.2, 0.25) is 0 Å². The van der Waals surface area contributed by atoms with Crippen molar-refractivity contribution in [2.75, 3.05) is 18.4 Å². The number of anilines is 1. The summed E-state index contributed by atoms with van der Waals surface area (Å²) >= 11 is 0. The van der Waals surface area contributed by atoms with Gasteiger partial charge in [0.15, 0.2) is 5.84 Å². The van der Waals surface area contributed by atoms with Crippen molar-refractivity contribution in [3.8, 4) is 0 Å². The Morgan fingerprint density at radius 2 is 2.06 bits per heavy atom. The Kier molecular flexibility index (Phi) is 8.60. The fourth-order valence-corrected chi connectivity index (χ4v) is 4.32. The molecule has 2 unspecified atom stereocenters. The van der Waals surface area contributed by atoms with E-state index in [1.807, 2.05) is 6.92 Å². The molecule has 1 aliphatic rings. The number of likely N-dealkylation sites (tertiary alicyclic amines) is 1. The van der Waals surface area contributed by atoms with E-state index in [1.54, 1.807) is 24.8 Å². The van der Waals surface area contributed by atoms with E-state index in [0.717, 1.165) is 25.1 Å². The van der Waals surface area contributed by atoms with Crippen LogP contribution < -0.4 is 5.32 Å². The number of rotatable bonds is 6. The topological polar surface area (TPSA) is 70.0 Å². The lowest BCUT2D eigenvalue weighted by atomic mass is 9.89. The number of aromatic nitrogens is 1. The second-order valence-corrected chi connectivity index (χ2v) is 8.68. The molecule has 2 aromatic rings. The molecule has 10 heteroatoms. The zero-order valence-corrected chi connectivity index (χ0v) is 20.4. The number of allylic oxidation sites excluding steroid dienone is 1. The first-order valence-corrected chi connectivity index (χ1v) is 11.6. The minimum absolute atomic E-state index is 0.114. The first-order chi connectivity index (χ1) is 17.1. The molecule has 6 nitrogen and oxygen atoms in total. The van der Waals surface area contributed by atoms with Gasteiger partial charge in [-0.2, -0.15) is 13.2 Å². The summed E-state index contributed by atoms with van der Waals surface area (Å²) in [4.78, 5) is 27.5. The molecule has 1 aliphatic heterocycles. The number of aliphatic imine (C=N–C) groups is 2. The average Bonchev–Trinajstić information content (AvgIpc) is 2.85.